The summed E-state index contributed by atoms with van der Waals surface area (Å²) >= 11 is 0. The first-order valence-corrected chi connectivity index (χ1v) is 8.99. The van der Waals surface area contributed by atoms with Gasteiger partial charge >= 0.3 is 11.9 Å². The Kier molecular flexibility index (Phi) is 35.9. The maximum Gasteiger partial charge on any atom is 0.571 e. The quantitative estimate of drug-likeness (QED) is 0.432. The summed E-state index contributed by atoms with van der Waals surface area (Å²) < 4.78 is 0. The third-order valence-corrected chi connectivity index (χ3v) is 2.59. The fraction of sp³-hybridized carbons (Fsp3) is 0.476. The van der Waals surface area contributed by atoms with Gasteiger partial charge in [-0.1, -0.05) is 58.2 Å². The normalized spacial score (nSPS) is 8.23. The summed E-state index contributed by atoms with van der Waals surface area (Å²) in [6, 6.07) is 8.67. The van der Waals surface area contributed by atoms with Crippen LogP contribution in [0.2, 0.25) is 0 Å². The van der Waals surface area contributed by atoms with Crippen molar-refractivity contribution in [3.05, 3.63) is 56.7 Å². The Morgan fingerprint density at radius 1 is 0.885 bits per heavy atom. The molecule has 26 heavy (non-hydrogen) atoms. The van der Waals surface area contributed by atoms with E-state index >= 15 is 0 Å². The van der Waals surface area contributed by atoms with Gasteiger partial charge in [0.15, 0.2) is 0 Å². The summed E-state index contributed by atoms with van der Waals surface area (Å²) in [5.41, 5.74) is 0.545. The second kappa shape index (κ2) is 28.7. The number of nitrogens with two attached hydrogens (primary N) is 1. The second-order valence-corrected chi connectivity index (χ2v) is 5.12. The van der Waals surface area contributed by atoms with Crippen LogP contribution in [0.25, 0.3) is 0 Å². The molecule has 1 aromatic carbocycles. The van der Waals surface area contributed by atoms with Crippen molar-refractivity contribution >= 4 is 29.5 Å². The number of carbonyl (C=O) groups is 2. The molecule has 1 amide bonds. The van der Waals surface area contributed by atoms with Crippen LogP contribution in [0.15, 0.2) is 30.3 Å². The second-order valence-electron chi connectivity index (χ2n) is 5.12. The minimum atomic E-state index is -0.746. The standard InChI is InChI=1S/C9H9NO3.3C4H9.Ge/c11-8(12)6-10-9(13)7-4-2-1-3-5-7;3*1-3-4-2;/h1-5H,6H2,(H,10,13)(H,11,12);3*1,3-4H2,2H3;/q;3*-1;/p+2. The fourth-order valence-electron chi connectivity index (χ4n) is 0.906. The van der Waals surface area contributed by atoms with Crippen molar-refractivity contribution in [2.75, 3.05) is 6.54 Å². The minimum Gasteiger partial charge on any atom is -0.560 e. The molecule has 0 bridgehead atoms. The summed E-state index contributed by atoms with van der Waals surface area (Å²) in [6.45, 7) is 17.0. The molecular weight excluding hydrogens is 387 g/mol. The number of amides is 1. The van der Waals surface area contributed by atoms with E-state index in [0.29, 0.717) is 5.56 Å². The minimum absolute atomic E-state index is 0. The van der Waals surface area contributed by atoms with Crippen LogP contribution in [0.4, 0.5) is 0 Å². The van der Waals surface area contributed by atoms with Gasteiger partial charge in [0, 0.05) is 22.4 Å². The molecule has 0 saturated heterocycles. The Hall–Kier alpha value is -1.14. The Morgan fingerprint density at radius 3 is 1.50 bits per heavy atom. The summed E-state index contributed by atoms with van der Waals surface area (Å²) in [5.74, 6) is -0.953. The van der Waals surface area contributed by atoms with Crippen LogP contribution in [0.3, 0.4) is 0 Å². The molecule has 0 unspecified atom stereocenters. The molecule has 0 aliphatic rings. The molecule has 150 valence electrons. The smallest absolute Gasteiger partial charge is 0.560 e. The van der Waals surface area contributed by atoms with E-state index in [1.54, 1.807) is 24.3 Å². The number of hydrogen-bond acceptors (Lipinski definition) is 2. The van der Waals surface area contributed by atoms with E-state index in [2.05, 4.69) is 41.5 Å². The monoisotopic (exact) mass is 426 g/mol. The zero-order valence-corrected chi connectivity index (χ0v) is 18.9. The molecule has 0 aliphatic carbocycles. The number of carbonyl (C=O) groups excluding carboxylic acids is 2. The van der Waals surface area contributed by atoms with Crippen molar-refractivity contribution in [3.63, 3.8) is 0 Å². The zero-order valence-electron chi connectivity index (χ0n) is 16.9. The zero-order chi connectivity index (χ0) is 19.9. The van der Waals surface area contributed by atoms with Gasteiger partial charge in [-0.2, -0.15) is 19.3 Å². The average molecular weight is 425 g/mol. The first-order chi connectivity index (χ1) is 11.9. The van der Waals surface area contributed by atoms with Gasteiger partial charge < -0.3 is 25.9 Å². The first kappa shape index (κ1) is 32.5. The molecule has 1 aromatic rings. The summed E-state index contributed by atoms with van der Waals surface area (Å²) in [5, 5.41) is 7.84. The first-order valence-electron chi connectivity index (χ1n) is 8.99. The van der Waals surface area contributed by atoms with Crippen molar-refractivity contribution in [3.8, 4) is 0 Å². The number of primary amides is 1. The summed E-state index contributed by atoms with van der Waals surface area (Å²) in [6.07, 6.45) is 6.83. The molecule has 0 fully saturated rings. The van der Waals surface area contributed by atoms with Crippen LogP contribution >= 0.6 is 0 Å². The van der Waals surface area contributed by atoms with E-state index in [4.69, 9.17) is 5.11 Å². The van der Waals surface area contributed by atoms with Crippen LogP contribution in [0, 0.1) is 20.8 Å². The van der Waals surface area contributed by atoms with Crippen molar-refractivity contribution < 1.29 is 20.0 Å². The molecule has 0 aliphatic heterocycles. The van der Waals surface area contributed by atoms with Gasteiger partial charge in [0.2, 0.25) is 6.54 Å². The molecular formula is C21H38GeNO3-. The molecule has 0 heterocycles. The SMILES string of the molecule is O=C([OH2+])C[NH2+]C(=O)c1ccccc1.[CH2-]CCC.[CH2-]CCC.[CH2-]CCC.[Ge]. The number of benzene rings is 1. The van der Waals surface area contributed by atoms with Gasteiger partial charge in [-0.05, 0) is 12.1 Å². The van der Waals surface area contributed by atoms with Gasteiger partial charge in [0.05, 0.1) is 5.56 Å². The van der Waals surface area contributed by atoms with E-state index in [9.17, 15) is 9.59 Å². The fourth-order valence-corrected chi connectivity index (χ4v) is 0.906. The predicted molar refractivity (Wildman–Crippen MR) is 113 cm³/mol. The number of unbranched alkanes of at least 4 members (excludes halogenated alkanes) is 3. The van der Waals surface area contributed by atoms with Gasteiger partial charge in [-0.3, -0.25) is 5.32 Å². The maximum absolute atomic E-state index is 11.3. The van der Waals surface area contributed by atoms with E-state index in [1.807, 2.05) is 6.07 Å². The van der Waals surface area contributed by atoms with Crippen LogP contribution in [0.5, 0.6) is 0 Å². The van der Waals surface area contributed by atoms with Crippen LogP contribution in [-0.2, 0) is 4.79 Å². The Labute approximate surface area is 172 Å². The van der Waals surface area contributed by atoms with Crippen LogP contribution in [-0.4, -0.2) is 41.1 Å². The van der Waals surface area contributed by atoms with E-state index in [0.717, 1.165) is 19.3 Å². The molecule has 4 radical (unpaired) electrons. The largest absolute Gasteiger partial charge is 0.571 e. The third kappa shape index (κ3) is 30.7. The predicted octanol–water partition coefficient (Wildman–Crippen LogP) is 3.12. The Morgan fingerprint density at radius 2 is 1.23 bits per heavy atom. The van der Waals surface area contributed by atoms with Crippen LogP contribution in [0.1, 0.15) is 69.7 Å². The average Bonchev–Trinajstić information content (AvgIpc) is 2.67. The Bertz CT molecular complexity index is 382. The van der Waals surface area contributed by atoms with Crippen molar-refractivity contribution in [2.24, 2.45) is 0 Å². The molecule has 0 atom stereocenters. The van der Waals surface area contributed by atoms with Gasteiger partial charge in [-0.25, -0.2) is 4.79 Å². The molecule has 0 aromatic heterocycles. The molecule has 0 saturated carbocycles. The Balaban J connectivity index is -0.000000155. The maximum atomic E-state index is 11.3. The summed E-state index contributed by atoms with van der Waals surface area (Å²) in [7, 11) is 0. The number of quaternary nitrogens is 1. The molecule has 4 nitrogen and oxygen atoms in total. The summed E-state index contributed by atoms with van der Waals surface area (Å²) in [4.78, 5) is 21.5. The van der Waals surface area contributed by atoms with Crippen molar-refractivity contribution in [1.82, 2.24) is 0 Å². The van der Waals surface area contributed by atoms with Crippen LogP contribution < -0.4 is 5.32 Å². The van der Waals surface area contributed by atoms with Gasteiger partial charge in [-0.15, -0.1) is 0 Å². The van der Waals surface area contributed by atoms with E-state index in [1.165, 1.54) is 24.6 Å². The van der Waals surface area contributed by atoms with E-state index < -0.39 is 5.97 Å². The van der Waals surface area contributed by atoms with Crippen molar-refractivity contribution in [2.45, 2.75) is 59.3 Å². The molecule has 0 spiro atoms. The van der Waals surface area contributed by atoms with Gasteiger partial charge in [0.1, 0.15) is 0 Å². The van der Waals surface area contributed by atoms with Gasteiger partial charge in [0.25, 0.3) is 0 Å². The van der Waals surface area contributed by atoms with Crippen molar-refractivity contribution in [1.29, 1.82) is 0 Å². The number of hydrogen-bond donors (Lipinski definition) is 1. The third-order valence-electron chi connectivity index (χ3n) is 2.59. The van der Waals surface area contributed by atoms with E-state index in [-0.39, 0.29) is 30.0 Å². The topological polar surface area (TPSA) is 73.7 Å². The number of rotatable bonds is 6. The molecule has 4 N–H and O–H groups in total. The molecule has 5 heteroatoms. The molecule has 1 rings (SSSR count).